The van der Waals surface area contributed by atoms with E-state index in [0.29, 0.717) is 50.5 Å². The molecule has 0 aliphatic heterocycles. The molecule has 2 N–H and O–H groups in total. The summed E-state index contributed by atoms with van der Waals surface area (Å²) < 4.78 is 21.3. The fourth-order valence-electron chi connectivity index (χ4n) is 3.12. The molecule has 3 aromatic carbocycles. The lowest BCUT2D eigenvalue weighted by Crippen LogP contribution is -2.14. The van der Waals surface area contributed by atoms with Gasteiger partial charge in [-0.05, 0) is 36.4 Å². The summed E-state index contributed by atoms with van der Waals surface area (Å²) in [5.74, 6) is 0.682. The lowest BCUT2D eigenvalue weighted by Gasteiger charge is -2.15. The average molecular weight is 471 g/mol. The minimum atomic E-state index is -0.399. The molecule has 0 spiro atoms. The van der Waals surface area contributed by atoms with Crippen LogP contribution in [0.5, 0.6) is 23.0 Å². The Morgan fingerprint density at radius 1 is 0.727 bits per heavy atom. The number of anilines is 2. The first-order valence-corrected chi connectivity index (χ1v) is 10.1. The molecular formula is C24H23ClN2O6. The van der Waals surface area contributed by atoms with Crippen LogP contribution in [0.2, 0.25) is 5.02 Å². The van der Waals surface area contributed by atoms with E-state index in [0.717, 1.165) is 0 Å². The number of halogens is 1. The lowest BCUT2D eigenvalue weighted by molar-refractivity contribution is 0.101. The molecule has 0 aromatic heterocycles. The van der Waals surface area contributed by atoms with Crippen molar-refractivity contribution in [2.45, 2.75) is 0 Å². The zero-order valence-corrected chi connectivity index (χ0v) is 19.3. The number of hydrogen-bond acceptors (Lipinski definition) is 6. The van der Waals surface area contributed by atoms with E-state index in [9.17, 15) is 9.59 Å². The van der Waals surface area contributed by atoms with Gasteiger partial charge in [-0.3, -0.25) is 9.59 Å². The fraction of sp³-hybridized carbons (Fsp3) is 0.167. The van der Waals surface area contributed by atoms with Gasteiger partial charge in [-0.1, -0.05) is 23.7 Å². The van der Waals surface area contributed by atoms with Gasteiger partial charge in [0.25, 0.3) is 11.8 Å². The first kappa shape index (κ1) is 23.7. The highest BCUT2D eigenvalue weighted by molar-refractivity contribution is 6.34. The van der Waals surface area contributed by atoms with Crippen LogP contribution in [-0.4, -0.2) is 40.3 Å². The van der Waals surface area contributed by atoms with E-state index in [1.54, 1.807) is 54.6 Å². The van der Waals surface area contributed by atoms with Gasteiger partial charge in [0.2, 0.25) is 5.75 Å². The molecule has 9 heteroatoms. The van der Waals surface area contributed by atoms with Gasteiger partial charge in [0.15, 0.2) is 11.5 Å². The smallest absolute Gasteiger partial charge is 0.257 e. The van der Waals surface area contributed by atoms with Gasteiger partial charge in [-0.25, -0.2) is 0 Å². The summed E-state index contributed by atoms with van der Waals surface area (Å²) in [5.41, 5.74) is 1.52. The Balaban J connectivity index is 1.82. The summed E-state index contributed by atoms with van der Waals surface area (Å²) in [6, 6.07) is 14.7. The van der Waals surface area contributed by atoms with Crippen LogP contribution >= 0.6 is 11.6 Å². The predicted molar refractivity (Wildman–Crippen MR) is 126 cm³/mol. The molecule has 0 aliphatic carbocycles. The van der Waals surface area contributed by atoms with Crippen LogP contribution in [0.25, 0.3) is 0 Å². The second-order valence-electron chi connectivity index (χ2n) is 6.72. The van der Waals surface area contributed by atoms with Crippen LogP contribution in [0.3, 0.4) is 0 Å². The lowest BCUT2D eigenvalue weighted by atomic mass is 10.1. The third-order valence-corrected chi connectivity index (χ3v) is 5.08. The molecule has 0 heterocycles. The number of amides is 2. The van der Waals surface area contributed by atoms with Crippen LogP contribution in [0.1, 0.15) is 20.7 Å². The molecule has 172 valence electrons. The largest absolute Gasteiger partial charge is 0.494 e. The Hall–Kier alpha value is -3.91. The molecule has 33 heavy (non-hydrogen) atoms. The molecule has 0 atom stereocenters. The monoisotopic (exact) mass is 470 g/mol. The van der Waals surface area contributed by atoms with Crippen molar-refractivity contribution >= 4 is 34.8 Å². The number of methoxy groups -OCH3 is 4. The summed E-state index contributed by atoms with van der Waals surface area (Å²) in [4.78, 5) is 25.4. The van der Waals surface area contributed by atoms with Gasteiger partial charge < -0.3 is 29.6 Å². The quantitative estimate of drug-likeness (QED) is 0.487. The molecule has 0 saturated carbocycles. The van der Waals surface area contributed by atoms with Crippen LogP contribution in [-0.2, 0) is 0 Å². The highest BCUT2D eigenvalue weighted by Crippen LogP contribution is 2.38. The van der Waals surface area contributed by atoms with E-state index in [4.69, 9.17) is 30.5 Å². The summed E-state index contributed by atoms with van der Waals surface area (Å²) in [5, 5.41) is 5.89. The Morgan fingerprint density at radius 2 is 1.36 bits per heavy atom. The summed E-state index contributed by atoms with van der Waals surface area (Å²) in [7, 11) is 5.89. The van der Waals surface area contributed by atoms with Crippen molar-refractivity contribution in [2.24, 2.45) is 0 Å². The number of hydrogen-bond donors (Lipinski definition) is 2. The maximum atomic E-state index is 12.8. The van der Waals surface area contributed by atoms with Crippen LogP contribution in [0.15, 0.2) is 54.6 Å². The third-order valence-electron chi connectivity index (χ3n) is 4.75. The highest BCUT2D eigenvalue weighted by atomic mass is 35.5. The minimum absolute atomic E-state index is 0.305. The number of carbonyl (C=O) groups is 2. The summed E-state index contributed by atoms with van der Waals surface area (Å²) >= 11 is 6.10. The maximum absolute atomic E-state index is 12.8. The maximum Gasteiger partial charge on any atom is 0.257 e. The molecule has 0 saturated heterocycles. The summed E-state index contributed by atoms with van der Waals surface area (Å²) in [6.07, 6.45) is 0. The van der Waals surface area contributed by atoms with Gasteiger partial charge in [-0.15, -0.1) is 0 Å². The molecule has 3 rings (SSSR count). The van der Waals surface area contributed by atoms with Crippen molar-refractivity contribution < 1.29 is 28.5 Å². The molecule has 0 bridgehead atoms. The topological polar surface area (TPSA) is 95.1 Å². The van der Waals surface area contributed by atoms with E-state index in [1.807, 2.05) is 0 Å². The van der Waals surface area contributed by atoms with Crippen molar-refractivity contribution in [3.63, 3.8) is 0 Å². The number of ether oxygens (including phenoxy) is 4. The van der Waals surface area contributed by atoms with Gasteiger partial charge in [0, 0.05) is 17.3 Å². The third kappa shape index (κ3) is 5.30. The second-order valence-corrected chi connectivity index (χ2v) is 7.12. The van der Waals surface area contributed by atoms with Gasteiger partial charge in [-0.2, -0.15) is 0 Å². The first-order valence-electron chi connectivity index (χ1n) is 9.77. The van der Waals surface area contributed by atoms with E-state index >= 15 is 0 Å². The van der Waals surface area contributed by atoms with Crippen molar-refractivity contribution in [1.29, 1.82) is 0 Å². The van der Waals surface area contributed by atoms with E-state index in [-0.39, 0.29) is 5.91 Å². The van der Waals surface area contributed by atoms with Gasteiger partial charge in [0.05, 0.1) is 44.7 Å². The minimum Gasteiger partial charge on any atom is -0.494 e. The number of nitrogens with one attached hydrogen (secondary N) is 2. The Kier molecular flexibility index (Phi) is 7.63. The summed E-state index contributed by atoms with van der Waals surface area (Å²) in [6.45, 7) is 0. The standard InChI is InChI=1S/C24H23ClN2O6/c1-30-19-13-15(9-10-18(19)27-24(29)16-7-5-6-8-17(16)25)26-23(28)14-11-20(31-2)22(33-4)21(12-14)32-3/h5-13H,1-4H3,(H,26,28)(H,27,29). The van der Waals surface area contributed by atoms with E-state index < -0.39 is 5.91 Å². The van der Waals surface area contributed by atoms with Crippen molar-refractivity contribution in [3.05, 3.63) is 70.7 Å². The van der Waals surface area contributed by atoms with Crippen LogP contribution in [0.4, 0.5) is 11.4 Å². The van der Waals surface area contributed by atoms with E-state index in [1.165, 1.54) is 28.4 Å². The molecule has 2 amide bonds. The number of carbonyl (C=O) groups excluding carboxylic acids is 2. The zero-order valence-electron chi connectivity index (χ0n) is 18.5. The SMILES string of the molecule is COc1cc(NC(=O)c2cc(OC)c(OC)c(OC)c2)ccc1NC(=O)c1ccccc1Cl. The highest BCUT2D eigenvalue weighted by Gasteiger charge is 2.18. The van der Waals surface area contributed by atoms with Crippen molar-refractivity contribution in [2.75, 3.05) is 39.1 Å². The fourth-order valence-corrected chi connectivity index (χ4v) is 3.34. The van der Waals surface area contributed by atoms with Crippen LogP contribution < -0.4 is 29.6 Å². The molecular weight excluding hydrogens is 448 g/mol. The Morgan fingerprint density at radius 3 is 1.94 bits per heavy atom. The molecule has 0 radical (unpaired) electrons. The predicted octanol–water partition coefficient (Wildman–Crippen LogP) is 4.88. The Bertz CT molecular complexity index is 1160. The average Bonchev–Trinajstić information content (AvgIpc) is 2.83. The second kappa shape index (κ2) is 10.6. The van der Waals surface area contributed by atoms with E-state index in [2.05, 4.69) is 10.6 Å². The number of benzene rings is 3. The molecule has 3 aromatic rings. The van der Waals surface area contributed by atoms with Crippen molar-refractivity contribution in [3.8, 4) is 23.0 Å². The molecule has 0 aliphatic rings. The van der Waals surface area contributed by atoms with Crippen LogP contribution in [0, 0.1) is 0 Å². The van der Waals surface area contributed by atoms with Crippen molar-refractivity contribution in [1.82, 2.24) is 0 Å². The molecule has 8 nitrogen and oxygen atoms in total. The molecule has 0 unspecified atom stereocenters. The van der Waals surface area contributed by atoms with Gasteiger partial charge in [0.1, 0.15) is 5.75 Å². The van der Waals surface area contributed by atoms with Gasteiger partial charge >= 0.3 is 0 Å². The zero-order chi connectivity index (χ0) is 24.0. The molecule has 0 fully saturated rings. The number of rotatable bonds is 8. The first-order chi connectivity index (χ1) is 15.9. The Labute approximate surface area is 196 Å². The normalized spacial score (nSPS) is 10.2.